The Balaban J connectivity index is 1.44. The van der Waals surface area contributed by atoms with Gasteiger partial charge in [-0.1, -0.05) is 53.5 Å². The lowest BCUT2D eigenvalue weighted by atomic mass is 9.83. The summed E-state index contributed by atoms with van der Waals surface area (Å²) in [6.45, 7) is 0. The van der Waals surface area contributed by atoms with Gasteiger partial charge in [-0.2, -0.15) is 5.10 Å². The summed E-state index contributed by atoms with van der Waals surface area (Å²) >= 11 is 13.7. The lowest BCUT2D eigenvalue weighted by Gasteiger charge is -2.30. The normalized spacial score (nSPS) is 12.9. The maximum atomic E-state index is 12.5. The third-order valence-electron chi connectivity index (χ3n) is 7.46. The van der Waals surface area contributed by atoms with Crippen molar-refractivity contribution in [3.05, 3.63) is 136 Å². The SMILES string of the molecule is CN(C)c1ccc(C(O)(c2ccc3nc(Cl)c(Cc4ccc(-n5cccn5)cc4)c(Cl)c3c2)c2cncn2C)cc1. The van der Waals surface area contributed by atoms with Gasteiger partial charge in [0.05, 0.1) is 34.4 Å². The van der Waals surface area contributed by atoms with Crippen molar-refractivity contribution in [1.82, 2.24) is 24.3 Å². The van der Waals surface area contributed by atoms with E-state index < -0.39 is 5.60 Å². The molecule has 1 unspecified atom stereocenters. The van der Waals surface area contributed by atoms with Gasteiger partial charge in [-0.05, 0) is 59.2 Å². The van der Waals surface area contributed by atoms with Crippen molar-refractivity contribution in [3.8, 4) is 5.69 Å². The molecule has 3 aromatic carbocycles. The van der Waals surface area contributed by atoms with Crippen LogP contribution in [0.3, 0.4) is 0 Å². The first kappa shape index (κ1) is 27.0. The Morgan fingerprint density at radius 2 is 1.68 bits per heavy atom. The molecule has 0 aliphatic carbocycles. The number of anilines is 1. The fourth-order valence-corrected chi connectivity index (χ4v) is 5.78. The lowest BCUT2D eigenvalue weighted by molar-refractivity contribution is 0.117. The Hall–Kier alpha value is -4.17. The summed E-state index contributed by atoms with van der Waals surface area (Å²) in [5, 5.41) is 18.3. The van der Waals surface area contributed by atoms with E-state index in [9.17, 15) is 5.11 Å². The van der Waals surface area contributed by atoms with Crippen LogP contribution in [0.2, 0.25) is 10.2 Å². The molecular formula is C32H28Cl2N6O. The van der Waals surface area contributed by atoms with Crippen molar-refractivity contribution >= 4 is 39.8 Å². The van der Waals surface area contributed by atoms with E-state index in [-0.39, 0.29) is 0 Å². The predicted octanol–water partition coefficient (Wildman–Crippen LogP) is 6.40. The summed E-state index contributed by atoms with van der Waals surface area (Å²) in [5.41, 5.74) is 4.90. The highest BCUT2D eigenvalue weighted by atomic mass is 35.5. The second kappa shape index (κ2) is 10.7. The molecule has 41 heavy (non-hydrogen) atoms. The van der Waals surface area contributed by atoms with Gasteiger partial charge < -0.3 is 14.6 Å². The summed E-state index contributed by atoms with van der Waals surface area (Å²) in [5.74, 6) is 0. The molecule has 6 rings (SSSR count). The monoisotopic (exact) mass is 582 g/mol. The molecular weight excluding hydrogens is 555 g/mol. The van der Waals surface area contributed by atoms with Gasteiger partial charge in [-0.25, -0.2) is 14.6 Å². The van der Waals surface area contributed by atoms with E-state index in [0.29, 0.717) is 44.3 Å². The van der Waals surface area contributed by atoms with Gasteiger partial charge in [0.1, 0.15) is 5.15 Å². The first-order chi connectivity index (χ1) is 19.8. The van der Waals surface area contributed by atoms with Crippen molar-refractivity contribution in [2.24, 2.45) is 7.05 Å². The molecule has 0 radical (unpaired) electrons. The van der Waals surface area contributed by atoms with Crippen LogP contribution in [0.1, 0.15) is 27.9 Å². The number of pyridine rings is 1. The zero-order valence-electron chi connectivity index (χ0n) is 22.8. The van der Waals surface area contributed by atoms with Crippen LogP contribution in [0.15, 0.2) is 97.7 Å². The molecule has 0 aliphatic heterocycles. The Morgan fingerprint density at radius 1 is 0.951 bits per heavy atom. The fourth-order valence-electron chi connectivity index (χ4n) is 5.17. The molecule has 0 saturated carbocycles. The van der Waals surface area contributed by atoms with Crippen LogP contribution in [-0.2, 0) is 19.1 Å². The number of nitrogens with zero attached hydrogens (tertiary/aromatic N) is 6. The Bertz CT molecular complexity index is 1830. The van der Waals surface area contributed by atoms with Gasteiger partial charge in [0.2, 0.25) is 0 Å². The molecule has 3 aromatic heterocycles. The van der Waals surface area contributed by atoms with Crippen molar-refractivity contribution in [2.75, 3.05) is 19.0 Å². The van der Waals surface area contributed by atoms with E-state index >= 15 is 0 Å². The van der Waals surface area contributed by atoms with Gasteiger partial charge in [0.25, 0.3) is 0 Å². The van der Waals surface area contributed by atoms with Gasteiger partial charge in [-0.3, -0.25) is 0 Å². The number of imidazole rings is 1. The van der Waals surface area contributed by atoms with E-state index in [0.717, 1.165) is 22.5 Å². The second-order valence-electron chi connectivity index (χ2n) is 10.3. The Kier molecular flexibility index (Phi) is 7.03. The van der Waals surface area contributed by atoms with Gasteiger partial charge in [-0.15, -0.1) is 0 Å². The number of rotatable bonds is 7. The largest absolute Gasteiger partial charge is 0.378 e. The maximum absolute atomic E-state index is 12.5. The molecule has 0 saturated heterocycles. The molecule has 0 aliphatic rings. The zero-order valence-corrected chi connectivity index (χ0v) is 24.3. The van der Waals surface area contributed by atoms with Crippen LogP contribution < -0.4 is 4.90 Å². The highest BCUT2D eigenvalue weighted by Gasteiger charge is 2.37. The molecule has 206 valence electrons. The van der Waals surface area contributed by atoms with E-state index in [1.807, 2.05) is 110 Å². The first-order valence-electron chi connectivity index (χ1n) is 13.1. The predicted molar refractivity (Wildman–Crippen MR) is 164 cm³/mol. The van der Waals surface area contributed by atoms with E-state index in [1.54, 1.807) is 23.4 Å². The van der Waals surface area contributed by atoms with Crippen LogP contribution in [-0.4, -0.2) is 43.5 Å². The van der Waals surface area contributed by atoms with E-state index in [2.05, 4.69) is 15.1 Å². The summed E-state index contributed by atoms with van der Waals surface area (Å²) in [6.07, 6.45) is 7.51. The third-order valence-corrected chi connectivity index (χ3v) is 8.20. The number of halogens is 2. The van der Waals surface area contributed by atoms with Crippen molar-refractivity contribution < 1.29 is 5.11 Å². The summed E-state index contributed by atoms with van der Waals surface area (Å²) in [4.78, 5) is 11.0. The summed E-state index contributed by atoms with van der Waals surface area (Å²) in [7, 11) is 5.83. The second-order valence-corrected chi connectivity index (χ2v) is 11.0. The lowest BCUT2D eigenvalue weighted by Crippen LogP contribution is -2.31. The number of benzene rings is 3. The van der Waals surface area contributed by atoms with Crippen molar-refractivity contribution in [2.45, 2.75) is 12.0 Å². The number of hydrogen-bond acceptors (Lipinski definition) is 5. The van der Waals surface area contributed by atoms with Gasteiger partial charge in [0.15, 0.2) is 5.60 Å². The standard InChI is InChI=1S/C32H28Cl2N6O/c1-38(2)24-12-7-22(8-13-24)32(41,29-19-35-20-39(29)3)23-9-14-28-26(18-23)30(33)27(31(34)37-28)17-21-5-10-25(11-6-21)40-16-4-15-36-40/h4-16,18-20,41H,17H2,1-3H3. The summed E-state index contributed by atoms with van der Waals surface area (Å²) in [6, 6.07) is 23.4. The van der Waals surface area contributed by atoms with Crippen LogP contribution in [0.5, 0.6) is 0 Å². The quantitative estimate of drug-likeness (QED) is 0.220. The van der Waals surface area contributed by atoms with Gasteiger partial charge in [0, 0.05) is 56.6 Å². The molecule has 1 N–H and O–H groups in total. The highest BCUT2D eigenvalue weighted by molar-refractivity contribution is 6.39. The molecule has 0 spiro atoms. The van der Waals surface area contributed by atoms with Crippen LogP contribution in [0.4, 0.5) is 5.69 Å². The molecule has 9 heteroatoms. The van der Waals surface area contributed by atoms with Crippen molar-refractivity contribution in [1.29, 1.82) is 0 Å². The Labute approximate surface area is 248 Å². The minimum atomic E-state index is -1.49. The smallest absolute Gasteiger partial charge is 0.156 e. The molecule has 0 fully saturated rings. The molecule has 3 heterocycles. The van der Waals surface area contributed by atoms with Crippen LogP contribution in [0, 0.1) is 0 Å². The Morgan fingerprint density at radius 3 is 2.32 bits per heavy atom. The number of aliphatic hydroxyl groups is 1. The molecule has 0 bridgehead atoms. The maximum Gasteiger partial charge on any atom is 0.156 e. The van der Waals surface area contributed by atoms with E-state index in [4.69, 9.17) is 23.2 Å². The molecule has 6 aromatic rings. The molecule has 7 nitrogen and oxygen atoms in total. The third kappa shape index (κ3) is 4.86. The number of aromatic nitrogens is 5. The first-order valence-corrected chi connectivity index (χ1v) is 13.9. The average Bonchev–Trinajstić information content (AvgIpc) is 3.68. The molecule has 1 atom stereocenters. The molecule has 0 amide bonds. The van der Waals surface area contributed by atoms with Crippen LogP contribution >= 0.6 is 23.2 Å². The topological polar surface area (TPSA) is 72.0 Å². The van der Waals surface area contributed by atoms with Gasteiger partial charge >= 0.3 is 0 Å². The number of fused-ring (bicyclic) bond motifs is 1. The van der Waals surface area contributed by atoms with Crippen molar-refractivity contribution in [3.63, 3.8) is 0 Å². The average molecular weight is 584 g/mol. The number of aryl methyl sites for hydroxylation is 1. The van der Waals surface area contributed by atoms with E-state index in [1.165, 1.54) is 0 Å². The van der Waals surface area contributed by atoms with Crippen LogP contribution in [0.25, 0.3) is 16.6 Å². The highest BCUT2D eigenvalue weighted by Crippen LogP contribution is 2.40. The zero-order chi connectivity index (χ0) is 28.7. The number of hydrogen-bond donors (Lipinski definition) is 1. The fraction of sp³-hybridized carbons (Fsp3) is 0.156. The summed E-state index contributed by atoms with van der Waals surface area (Å²) < 4.78 is 3.63. The minimum Gasteiger partial charge on any atom is -0.378 e. The minimum absolute atomic E-state index is 0.354.